The molecule has 0 atom stereocenters. The maximum Gasteiger partial charge on any atom is 0.332 e. The van der Waals surface area contributed by atoms with Gasteiger partial charge in [-0.05, 0) is 0 Å². The van der Waals surface area contributed by atoms with E-state index in [1.807, 2.05) is 13.8 Å². The Morgan fingerprint density at radius 1 is 1.28 bits per heavy atom. The van der Waals surface area contributed by atoms with Crippen LogP contribution >= 0.6 is 11.3 Å². The van der Waals surface area contributed by atoms with Crippen molar-refractivity contribution in [1.29, 1.82) is 0 Å². The molecule has 0 radical (unpaired) electrons. The van der Waals surface area contributed by atoms with Gasteiger partial charge in [0.25, 0.3) is 5.56 Å². The molecular weight excluding hydrogens is 346 g/mol. The molecule has 132 valence electrons. The Labute approximate surface area is 145 Å². The van der Waals surface area contributed by atoms with Gasteiger partial charge in [0.15, 0.2) is 11.2 Å². The molecule has 1 N–H and O–H groups in total. The fraction of sp³-hybridized carbons (Fsp3) is 0.429. The fourth-order valence-electron chi connectivity index (χ4n) is 2.36. The second-order valence-electron chi connectivity index (χ2n) is 5.91. The minimum Gasteiger partial charge on any atom is -0.328 e. The number of carbonyl (C=O) groups excluding carboxylic acids is 1. The molecular formula is C14H17N7O3S. The van der Waals surface area contributed by atoms with Gasteiger partial charge in [-0.25, -0.2) is 14.3 Å². The van der Waals surface area contributed by atoms with Crippen molar-refractivity contribution >= 4 is 33.5 Å². The molecule has 0 aliphatic carbocycles. The molecule has 0 aliphatic rings. The van der Waals surface area contributed by atoms with E-state index >= 15 is 0 Å². The summed E-state index contributed by atoms with van der Waals surface area (Å²) in [5.74, 6) is -0.322. The van der Waals surface area contributed by atoms with Gasteiger partial charge >= 0.3 is 5.69 Å². The Morgan fingerprint density at radius 2 is 2.00 bits per heavy atom. The molecule has 10 nitrogen and oxygen atoms in total. The number of nitrogens with one attached hydrogen (secondary N) is 1. The predicted molar refractivity (Wildman–Crippen MR) is 92.8 cm³/mol. The van der Waals surface area contributed by atoms with E-state index in [9.17, 15) is 14.4 Å². The van der Waals surface area contributed by atoms with Gasteiger partial charge in [-0.2, -0.15) is 0 Å². The molecule has 1 amide bonds. The van der Waals surface area contributed by atoms with Crippen molar-refractivity contribution in [3.8, 4) is 0 Å². The summed E-state index contributed by atoms with van der Waals surface area (Å²) in [4.78, 5) is 41.2. The predicted octanol–water partition coefficient (Wildman–Crippen LogP) is 0.0473. The summed E-state index contributed by atoms with van der Waals surface area (Å²) >= 11 is 1.26. The van der Waals surface area contributed by atoms with Gasteiger partial charge in [0.2, 0.25) is 11.0 Å². The third-order valence-electron chi connectivity index (χ3n) is 3.68. The summed E-state index contributed by atoms with van der Waals surface area (Å²) in [6.07, 6.45) is 1.45. The second-order valence-corrected chi connectivity index (χ2v) is 6.92. The first-order valence-corrected chi connectivity index (χ1v) is 8.35. The summed E-state index contributed by atoms with van der Waals surface area (Å²) in [5, 5.41) is 11.6. The first kappa shape index (κ1) is 17.0. The molecule has 0 spiro atoms. The maximum absolute atomic E-state index is 12.5. The van der Waals surface area contributed by atoms with Crippen LogP contribution in [0.3, 0.4) is 0 Å². The average Bonchev–Trinajstić information content (AvgIpc) is 3.16. The number of hydrogen-bond acceptors (Lipinski definition) is 7. The van der Waals surface area contributed by atoms with Crippen molar-refractivity contribution < 1.29 is 4.79 Å². The zero-order valence-electron chi connectivity index (χ0n) is 14.2. The number of hydrogen-bond donors (Lipinski definition) is 1. The molecule has 3 heterocycles. The number of imidazole rings is 1. The number of rotatable bonds is 4. The molecule has 0 aliphatic heterocycles. The molecule has 0 bridgehead atoms. The Morgan fingerprint density at radius 3 is 2.64 bits per heavy atom. The van der Waals surface area contributed by atoms with Gasteiger partial charge in [-0.1, -0.05) is 25.2 Å². The van der Waals surface area contributed by atoms with Crippen molar-refractivity contribution in [3.05, 3.63) is 32.2 Å². The first-order valence-electron chi connectivity index (χ1n) is 7.53. The lowest BCUT2D eigenvalue weighted by atomic mass is 10.2. The van der Waals surface area contributed by atoms with Crippen LogP contribution in [0.2, 0.25) is 0 Å². The lowest BCUT2D eigenvalue weighted by Crippen LogP contribution is -2.42. The summed E-state index contributed by atoms with van der Waals surface area (Å²) in [5.41, 5.74) is -0.632. The van der Waals surface area contributed by atoms with E-state index in [2.05, 4.69) is 20.5 Å². The van der Waals surface area contributed by atoms with Crippen molar-refractivity contribution in [2.24, 2.45) is 14.1 Å². The van der Waals surface area contributed by atoms with Gasteiger partial charge < -0.3 is 4.57 Å². The molecule has 25 heavy (non-hydrogen) atoms. The SMILES string of the molecule is CC(C)c1nnc(NC(=O)Cn2c(=O)c3c(ncn3C)n(C)c2=O)s1. The number of nitrogens with zero attached hydrogens (tertiary/aromatic N) is 6. The maximum atomic E-state index is 12.5. The van der Waals surface area contributed by atoms with Crippen LogP contribution in [-0.4, -0.2) is 34.8 Å². The third-order valence-corrected chi connectivity index (χ3v) is 4.82. The van der Waals surface area contributed by atoms with Gasteiger partial charge in [0.1, 0.15) is 11.6 Å². The van der Waals surface area contributed by atoms with Crippen LogP contribution in [0.15, 0.2) is 15.9 Å². The number of aryl methyl sites for hydroxylation is 2. The minimum atomic E-state index is -0.605. The largest absolute Gasteiger partial charge is 0.332 e. The Hall–Kier alpha value is -2.82. The number of fused-ring (bicyclic) bond motifs is 1. The summed E-state index contributed by atoms with van der Waals surface area (Å²) in [7, 11) is 3.16. The monoisotopic (exact) mass is 363 g/mol. The number of aromatic nitrogens is 6. The van der Waals surface area contributed by atoms with E-state index in [4.69, 9.17) is 0 Å². The lowest BCUT2D eigenvalue weighted by Gasteiger charge is -2.08. The van der Waals surface area contributed by atoms with E-state index in [-0.39, 0.29) is 17.1 Å². The van der Waals surface area contributed by atoms with Crippen LogP contribution in [-0.2, 0) is 25.4 Å². The molecule has 0 fully saturated rings. The smallest absolute Gasteiger partial charge is 0.328 e. The summed E-state index contributed by atoms with van der Waals surface area (Å²) in [6, 6.07) is 0. The number of carbonyl (C=O) groups is 1. The highest BCUT2D eigenvalue weighted by Crippen LogP contribution is 2.22. The Balaban J connectivity index is 1.92. The number of amides is 1. The van der Waals surface area contributed by atoms with Crippen LogP contribution < -0.4 is 16.6 Å². The topological polar surface area (TPSA) is 117 Å². The Bertz CT molecular complexity index is 1070. The molecule has 0 saturated carbocycles. The summed E-state index contributed by atoms with van der Waals surface area (Å²) < 4.78 is 3.64. The van der Waals surface area contributed by atoms with E-state index in [1.165, 1.54) is 33.8 Å². The second kappa shape index (κ2) is 6.24. The highest BCUT2D eigenvalue weighted by Gasteiger charge is 2.18. The van der Waals surface area contributed by atoms with Crippen molar-refractivity contribution in [2.45, 2.75) is 26.3 Å². The van der Waals surface area contributed by atoms with Crippen molar-refractivity contribution in [1.82, 2.24) is 28.9 Å². The minimum absolute atomic E-state index is 0.199. The molecule has 3 rings (SSSR count). The zero-order chi connectivity index (χ0) is 18.3. The first-order chi connectivity index (χ1) is 11.8. The van der Waals surface area contributed by atoms with Gasteiger partial charge in [-0.15, -0.1) is 10.2 Å². The standard InChI is InChI=1S/C14H17N7O3S/c1-7(2)11-17-18-13(25-11)16-8(22)5-21-12(23)9-10(15-6-19(9)3)20(4)14(21)24/h6-7H,5H2,1-4H3,(H,16,18,22). The summed E-state index contributed by atoms with van der Waals surface area (Å²) in [6.45, 7) is 3.53. The van der Waals surface area contributed by atoms with Crippen LogP contribution in [0.25, 0.3) is 11.2 Å². The van der Waals surface area contributed by atoms with Gasteiger partial charge in [0.05, 0.1) is 6.33 Å². The van der Waals surface area contributed by atoms with E-state index < -0.39 is 23.7 Å². The van der Waals surface area contributed by atoms with Crippen molar-refractivity contribution in [2.75, 3.05) is 5.32 Å². The van der Waals surface area contributed by atoms with Gasteiger partial charge in [-0.3, -0.25) is 19.5 Å². The fourth-order valence-corrected chi connectivity index (χ4v) is 3.12. The molecule has 3 aromatic rings. The average molecular weight is 363 g/mol. The van der Waals surface area contributed by atoms with E-state index in [1.54, 1.807) is 7.05 Å². The molecule has 0 saturated heterocycles. The third kappa shape index (κ3) is 2.97. The highest BCUT2D eigenvalue weighted by molar-refractivity contribution is 7.15. The Kier molecular flexibility index (Phi) is 4.25. The van der Waals surface area contributed by atoms with Crippen LogP contribution in [0.5, 0.6) is 0 Å². The lowest BCUT2D eigenvalue weighted by molar-refractivity contribution is -0.116. The van der Waals surface area contributed by atoms with Crippen molar-refractivity contribution in [3.63, 3.8) is 0 Å². The normalized spacial score (nSPS) is 11.4. The van der Waals surface area contributed by atoms with E-state index in [0.29, 0.717) is 5.13 Å². The molecule has 0 unspecified atom stereocenters. The zero-order valence-corrected chi connectivity index (χ0v) is 15.0. The van der Waals surface area contributed by atoms with Crippen LogP contribution in [0.1, 0.15) is 24.8 Å². The molecule has 0 aromatic carbocycles. The quantitative estimate of drug-likeness (QED) is 0.700. The van der Waals surface area contributed by atoms with Crippen LogP contribution in [0.4, 0.5) is 5.13 Å². The number of anilines is 1. The molecule has 11 heteroatoms. The van der Waals surface area contributed by atoms with Crippen LogP contribution in [0, 0.1) is 0 Å². The highest BCUT2D eigenvalue weighted by atomic mass is 32.1. The molecule has 3 aromatic heterocycles. The van der Waals surface area contributed by atoms with Gasteiger partial charge in [0, 0.05) is 20.0 Å². The van der Waals surface area contributed by atoms with E-state index in [0.717, 1.165) is 9.57 Å².